The van der Waals surface area contributed by atoms with Gasteiger partial charge in [-0.1, -0.05) is 0 Å². The standard InChI is InChI=1S/C28H35N3O4/c1-31-25(17-29-16-20-8-11-33-12-9-20)15-23-14-24(4-7-27(23)31)30-28(32)22-2-5-26(6-3-22)35-19-21-10-13-34-18-21/h2-7,14-15,20-21,29H,8-13,16-19H2,1H3,(H,30,32). The zero-order valence-electron chi connectivity index (χ0n) is 20.4. The average Bonchev–Trinajstić information content (AvgIpc) is 3.52. The quantitative estimate of drug-likeness (QED) is 0.479. The van der Waals surface area contributed by atoms with Gasteiger partial charge in [0, 0.05) is 67.2 Å². The van der Waals surface area contributed by atoms with Crippen LogP contribution in [0.25, 0.3) is 10.9 Å². The minimum atomic E-state index is -0.130. The number of nitrogens with one attached hydrogen (secondary N) is 2. The van der Waals surface area contributed by atoms with E-state index in [0.717, 1.165) is 81.1 Å². The summed E-state index contributed by atoms with van der Waals surface area (Å²) >= 11 is 0. The van der Waals surface area contributed by atoms with Crippen molar-refractivity contribution in [3.05, 3.63) is 59.8 Å². The molecule has 3 aromatic rings. The molecule has 0 aliphatic carbocycles. The molecule has 2 saturated heterocycles. The molecule has 186 valence electrons. The largest absolute Gasteiger partial charge is 0.493 e. The summed E-state index contributed by atoms with van der Waals surface area (Å²) in [5, 5.41) is 7.75. The van der Waals surface area contributed by atoms with Crippen LogP contribution < -0.4 is 15.4 Å². The molecule has 0 bridgehead atoms. The molecule has 2 N–H and O–H groups in total. The summed E-state index contributed by atoms with van der Waals surface area (Å²) in [6.45, 7) is 5.83. The second-order valence-corrected chi connectivity index (χ2v) is 9.67. The van der Waals surface area contributed by atoms with E-state index >= 15 is 0 Å². The van der Waals surface area contributed by atoms with Crippen molar-refractivity contribution in [1.29, 1.82) is 0 Å². The Kier molecular flexibility index (Phi) is 7.66. The third kappa shape index (κ3) is 6.04. The van der Waals surface area contributed by atoms with Gasteiger partial charge in [-0.25, -0.2) is 0 Å². The van der Waals surface area contributed by atoms with Gasteiger partial charge in [-0.05, 0) is 80.3 Å². The van der Waals surface area contributed by atoms with E-state index in [1.807, 2.05) is 24.3 Å². The molecule has 2 fully saturated rings. The number of amides is 1. The number of hydrogen-bond donors (Lipinski definition) is 2. The summed E-state index contributed by atoms with van der Waals surface area (Å²) in [4.78, 5) is 12.8. The lowest BCUT2D eigenvalue weighted by Gasteiger charge is -2.22. The number of nitrogens with zero attached hydrogens (tertiary/aromatic N) is 1. The van der Waals surface area contributed by atoms with E-state index in [2.05, 4.69) is 34.4 Å². The topological polar surface area (TPSA) is 73.8 Å². The minimum absolute atomic E-state index is 0.130. The fraction of sp³-hybridized carbons (Fsp3) is 0.464. The van der Waals surface area contributed by atoms with Crippen LogP contribution in [0.4, 0.5) is 5.69 Å². The molecular weight excluding hydrogens is 442 g/mol. The van der Waals surface area contributed by atoms with Crippen LogP contribution in [0.1, 0.15) is 35.3 Å². The number of rotatable bonds is 9. The maximum absolute atomic E-state index is 12.8. The van der Waals surface area contributed by atoms with Crippen LogP contribution in [0.15, 0.2) is 48.5 Å². The molecule has 0 radical (unpaired) electrons. The third-order valence-electron chi connectivity index (χ3n) is 7.11. The zero-order valence-corrected chi connectivity index (χ0v) is 20.4. The molecule has 1 aromatic heterocycles. The number of aryl methyl sites for hydroxylation is 1. The van der Waals surface area contributed by atoms with Gasteiger partial charge >= 0.3 is 0 Å². The second kappa shape index (κ2) is 11.2. The Labute approximate surface area is 206 Å². The van der Waals surface area contributed by atoms with Crippen molar-refractivity contribution in [2.24, 2.45) is 18.9 Å². The van der Waals surface area contributed by atoms with E-state index in [1.165, 1.54) is 5.69 Å². The summed E-state index contributed by atoms with van der Waals surface area (Å²) in [5.74, 6) is 1.79. The molecule has 7 heteroatoms. The van der Waals surface area contributed by atoms with E-state index in [9.17, 15) is 4.79 Å². The van der Waals surface area contributed by atoms with Crippen LogP contribution in [0.2, 0.25) is 0 Å². The van der Waals surface area contributed by atoms with E-state index in [1.54, 1.807) is 12.1 Å². The smallest absolute Gasteiger partial charge is 0.255 e. The Balaban J connectivity index is 1.16. The van der Waals surface area contributed by atoms with Crippen LogP contribution in [-0.4, -0.2) is 50.1 Å². The SMILES string of the molecule is Cn1c(CNCC2CCOCC2)cc2cc(NC(=O)c3ccc(OCC4CCOC4)cc3)ccc21. The number of fused-ring (bicyclic) bond motifs is 1. The highest BCUT2D eigenvalue weighted by Crippen LogP contribution is 2.24. The predicted molar refractivity (Wildman–Crippen MR) is 137 cm³/mol. The van der Waals surface area contributed by atoms with E-state index in [-0.39, 0.29) is 5.91 Å². The number of ether oxygens (including phenoxy) is 3. The van der Waals surface area contributed by atoms with Crippen LogP contribution >= 0.6 is 0 Å². The van der Waals surface area contributed by atoms with Gasteiger partial charge in [0.2, 0.25) is 0 Å². The first-order chi connectivity index (χ1) is 17.2. The van der Waals surface area contributed by atoms with Crippen LogP contribution in [0.5, 0.6) is 5.75 Å². The van der Waals surface area contributed by atoms with Crippen LogP contribution in [0, 0.1) is 11.8 Å². The molecule has 1 unspecified atom stereocenters. The number of anilines is 1. The summed E-state index contributed by atoms with van der Waals surface area (Å²) in [7, 11) is 2.09. The fourth-order valence-corrected chi connectivity index (χ4v) is 4.84. The van der Waals surface area contributed by atoms with Gasteiger partial charge < -0.3 is 29.4 Å². The lowest BCUT2D eigenvalue weighted by molar-refractivity contribution is 0.0662. The van der Waals surface area contributed by atoms with Crippen molar-refractivity contribution in [2.75, 3.05) is 44.9 Å². The fourth-order valence-electron chi connectivity index (χ4n) is 4.84. The van der Waals surface area contributed by atoms with Crippen LogP contribution in [-0.2, 0) is 23.1 Å². The number of benzene rings is 2. The Morgan fingerprint density at radius 2 is 1.77 bits per heavy atom. The van der Waals surface area contributed by atoms with Gasteiger partial charge in [0.15, 0.2) is 0 Å². The summed E-state index contributed by atoms with van der Waals surface area (Å²) in [5.41, 5.74) is 3.78. The molecule has 2 aliphatic heterocycles. The predicted octanol–water partition coefficient (Wildman–Crippen LogP) is 4.36. The maximum atomic E-state index is 12.8. The Hall–Kier alpha value is -2.87. The van der Waals surface area contributed by atoms with E-state index in [4.69, 9.17) is 14.2 Å². The lowest BCUT2D eigenvalue weighted by atomic mass is 10.0. The molecule has 2 aliphatic rings. The first-order valence-electron chi connectivity index (χ1n) is 12.6. The monoisotopic (exact) mass is 477 g/mol. The van der Waals surface area contributed by atoms with Gasteiger partial charge in [0.05, 0.1) is 13.2 Å². The first kappa shape index (κ1) is 23.9. The Bertz CT molecular complexity index is 1130. The second-order valence-electron chi connectivity index (χ2n) is 9.67. The van der Waals surface area contributed by atoms with Crippen molar-refractivity contribution in [3.63, 3.8) is 0 Å². The van der Waals surface area contributed by atoms with Gasteiger partial charge in [-0.2, -0.15) is 0 Å². The average molecular weight is 478 g/mol. The van der Waals surface area contributed by atoms with Crippen molar-refractivity contribution in [2.45, 2.75) is 25.8 Å². The van der Waals surface area contributed by atoms with E-state index < -0.39 is 0 Å². The first-order valence-corrected chi connectivity index (χ1v) is 12.6. The van der Waals surface area contributed by atoms with Crippen molar-refractivity contribution in [1.82, 2.24) is 9.88 Å². The van der Waals surface area contributed by atoms with Gasteiger partial charge in [0.25, 0.3) is 5.91 Å². The molecule has 1 atom stereocenters. The Morgan fingerprint density at radius 1 is 1.00 bits per heavy atom. The molecule has 2 aromatic carbocycles. The number of aromatic nitrogens is 1. The molecule has 5 rings (SSSR count). The number of carbonyl (C=O) groups excluding carboxylic acids is 1. The van der Waals surface area contributed by atoms with Crippen LogP contribution in [0.3, 0.4) is 0 Å². The Morgan fingerprint density at radius 3 is 2.54 bits per heavy atom. The van der Waals surface area contributed by atoms with Gasteiger partial charge in [0.1, 0.15) is 5.75 Å². The van der Waals surface area contributed by atoms with Crippen molar-refractivity contribution in [3.8, 4) is 5.75 Å². The summed E-state index contributed by atoms with van der Waals surface area (Å²) in [6.07, 6.45) is 3.31. The zero-order chi connectivity index (χ0) is 24.0. The van der Waals surface area contributed by atoms with E-state index in [0.29, 0.717) is 24.0 Å². The van der Waals surface area contributed by atoms with Crippen molar-refractivity contribution < 1.29 is 19.0 Å². The maximum Gasteiger partial charge on any atom is 0.255 e. The van der Waals surface area contributed by atoms with Crippen molar-refractivity contribution >= 4 is 22.5 Å². The minimum Gasteiger partial charge on any atom is -0.493 e. The molecule has 0 spiro atoms. The summed E-state index contributed by atoms with van der Waals surface area (Å²) < 4.78 is 18.9. The third-order valence-corrected chi connectivity index (χ3v) is 7.11. The number of hydrogen-bond acceptors (Lipinski definition) is 5. The van der Waals surface area contributed by atoms with Gasteiger partial charge in [-0.15, -0.1) is 0 Å². The molecule has 3 heterocycles. The highest BCUT2D eigenvalue weighted by Gasteiger charge is 2.17. The highest BCUT2D eigenvalue weighted by atomic mass is 16.5. The van der Waals surface area contributed by atoms with Gasteiger partial charge in [-0.3, -0.25) is 4.79 Å². The number of carbonyl (C=O) groups is 1. The highest BCUT2D eigenvalue weighted by molar-refractivity contribution is 6.05. The molecule has 0 saturated carbocycles. The molecule has 7 nitrogen and oxygen atoms in total. The normalized spacial score (nSPS) is 18.7. The molecular formula is C28H35N3O4. The summed E-state index contributed by atoms with van der Waals surface area (Å²) in [6, 6.07) is 15.6. The molecule has 35 heavy (non-hydrogen) atoms. The molecule has 1 amide bonds. The lowest BCUT2D eigenvalue weighted by Crippen LogP contribution is -2.27.